The van der Waals surface area contributed by atoms with Gasteiger partial charge in [0.1, 0.15) is 5.60 Å². The highest BCUT2D eigenvalue weighted by atomic mass is 32.2. The molecule has 4 heteroatoms. The molecule has 3 nitrogen and oxygen atoms in total. The average molecular weight is 271 g/mol. The second-order valence-corrected chi connectivity index (χ2v) is 7.96. The van der Waals surface area contributed by atoms with E-state index in [0.29, 0.717) is 0 Å². The second kappa shape index (κ2) is 5.72. The Labute approximate surface area is 115 Å². The first kappa shape index (κ1) is 14.0. The van der Waals surface area contributed by atoms with Crippen LogP contribution >= 0.6 is 11.8 Å². The van der Waals surface area contributed by atoms with Crippen LogP contribution in [0, 0.1) is 0 Å². The number of ether oxygens (including phenoxy) is 1. The number of carbonyl (C=O) groups excluding carboxylic acids is 1. The number of thioether (sulfide) groups is 1. The Balaban J connectivity index is 1.70. The number of piperidine rings is 1. The minimum atomic E-state index is -0.380. The molecular formula is C14H25NO2S. The van der Waals surface area contributed by atoms with Crippen LogP contribution in [-0.2, 0) is 4.74 Å². The summed E-state index contributed by atoms with van der Waals surface area (Å²) >= 11 is 2.16. The smallest absolute Gasteiger partial charge is 0.410 e. The maximum absolute atomic E-state index is 11.9. The molecule has 1 heterocycles. The fraction of sp³-hybridized carbons (Fsp3) is 0.929. The lowest BCUT2D eigenvalue weighted by molar-refractivity contribution is 0.0219. The van der Waals surface area contributed by atoms with Crippen molar-refractivity contribution in [3.05, 3.63) is 0 Å². The molecule has 1 amide bonds. The molecule has 0 unspecified atom stereocenters. The number of hydrogen-bond donors (Lipinski definition) is 0. The molecule has 1 aliphatic heterocycles. The minimum Gasteiger partial charge on any atom is -0.444 e. The Kier molecular flexibility index (Phi) is 4.46. The van der Waals surface area contributed by atoms with Crippen LogP contribution in [0.15, 0.2) is 0 Å². The molecule has 0 spiro atoms. The summed E-state index contributed by atoms with van der Waals surface area (Å²) < 4.78 is 5.41. The van der Waals surface area contributed by atoms with Crippen LogP contribution in [0.5, 0.6) is 0 Å². The quantitative estimate of drug-likeness (QED) is 0.767. The van der Waals surface area contributed by atoms with Crippen molar-refractivity contribution in [2.45, 2.75) is 69.0 Å². The van der Waals surface area contributed by atoms with E-state index in [1.54, 1.807) is 0 Å². The van der Waals surface area contributed by atoms with E-state index in [-0.39, 0.29) is 11.7 Å². The molecular weight excluding hydrogens is 246 g/mol. The van der Waals surface area contributed by atoms with E-state index in [0.717, 1.165) is 36.4 Å². The number of hydrogen-bond acceptors (Lipinski definition) is 3. The standard InChI is InChI=1S/C14H25NO2S/c1-14(2,3)17-13(16)15-9-7-12(8-10-15)18-11-5-4-6-11/h11-12H,4-10H2,1-3H3. The summed E-state index contributed by atoms with van der Waals surface area (Å²) in [6.45, 7) is 7.48. The Morgan fingerprint density at radius 3 is 2.11 bits per heavy atom. The minimum absolute atomic E-state index is 0.144. The van der Waals surface area contributed by atoms with E-state index in [1.165, 1.54) is 19.3 Å². The second-order valence-electron chi connectivity index (χ2n) is 6.36. The zero-order valence-corrected chi connectivity index (χ0v) is 12.6. The van der Waals surface area contributed by atoms with Crippen molar-refractivity contribution < 1.29 is 9.53 Å². The Bertz CT molecular complexity index is 289. The fourth-order valence-electron chi connectivity index (χ4n) is 2.28. The maximum Gasteiger partial charge on any atom is 0.410 e. The first-order valence-corrected chi connectivity index (χ1v) is 8.02. The number of nitrogens with zero attached hydrogens (tertiary/aromatic N) is 1. The van der Waals surface area contributed by atoms with E-state index in [9.17, 15) is 4.79 Å². The fourth-order valence-corrected chi connectivity index (χ4v) is 3.91. The zero-order chi connectivity index (χ0) is 13.2. The van der Waals surface area contributed by atoms with E-state index < -0.39 is 0 Å². The predicted octanol–water partition coefficient (Wildman–Crippen LogP) is 3.67. The Hall–Kier alpha value is -0.380. The molecule has 18 heavy (non-hydrogen) atoms. The molecule has 0 aromatic heterocycles. The van der Waals surface area contributed by atoms with Crippen molar-refractivity contribution in [3.8, 4) is 0 Å². The van der Waals surface area contributed by atoms with Crippen LogP contribution in [0.2, 0.25) is 0 Å². The third-order valence-corrected chi connectivity index (χ3v) is 5.24. The summed E-state index contributed by atoms with van der Waals surface area (Å²) in [5.41, 5.74) is -0.380. The number of amides is 1. The molecule has 0 aromatic rings. The monoisotopic (exact) mass is 271 g/mol. The lowest BCUT2D eigenvalue weighted by Gasteiger charge is -2.36. The summed E-state index contributed by atoms with van der Waals surface area (Å²) in [5, 5.41) is 1.66. The number of carbonyl (C=O) groups is 1. The molecule has 0 atom stereocenters. The normalized spacial score (nSPS) is 22.7. The van der Waals surface area contributed by atoms with E-state index in [4.69, 9.17) is 4.74 Å². The van der Waals surface area contributed by atoms with Gasteiger partial charge in [0.15, 0.2) is 0 Å². The third kappa shape index (κ3) is 4.08. The van der Waals surface area contributed by atoms with Gasteiger partial charge in [0, 0.05) is 23.6 Å². The van der Waals surface area contributed by atoms with Crippen molar-refractivity contribution in [2.75, 3.05) is 13.1 Å². The lowest BCUT2D eigenvalue weighted by Crippen LogP contribution is -2.42. The van der Waals surface area contributed by atoms with Crippen LogP contribution in [0.1, 0.15) is 52.9 Å². The van der Waals surface area contributed by atoms with Gasteiger partial charge in [-0.1, -0.05) is 6.42 Å². The molecule has 104 valence electrons. The molecule has 1 saturated heterocycles. The SMILES string of the molecule is CC(C)(C)OC(=O)N1CCC(SC2CCC2)CC1. The van der Waals surface area contributed by atoms with Crippen molar-refractivity contribution in [1.82, 2.24) is 4.90 Å². The van der Waals surface area contributed by atoms with Gasteiger partial charge in [-0.25, -0.2) is 4.79 Å². The predicted molar refractivity (Wildman–Crippen MR) is 76.1 cm³/mol. The van der Waals surface area contributed by atoms with E-state index >= 15 is 0 Å². The molecule has 0 bridgehead atoms. The molecule has 1 aliphatic carbocycles. The van der Waals surface area contributed by atoms with Crippen LogP contribution in [0.3, 0.4) is 0 Å². The third-order valence-electron chi connectivity index (χ3n) is 3.53. The summed E-state index contributed by atoms with van der Waals surface area (Å²) in [6.07, 6.45) is 6.32. The van der Waals surface area contributed by atoms with Gasteiger partial charge in [0.05, 0.1) is 0 Å². The molecule has 0 aromatic carbocycles. The van der Waals surface area contributed by atoms with Crippen molar-refractivity contribution >= 4 is 17.9 Å². The van der Waals surface area contributed by atoms with E-state index in [1.807, 2.05) is 25.7 Å². The largest absolute Gasteiger partial charge is 0.444 e. The Morgan fingerprint density at radius 1 is 1.11 bits per heavy atom. The van der Waals surface area contributed by atoms with Crippen LogP contribution < -0.4 is 0 Å². The first-order chi connectivity index (χ1) is 8.44. The highest BCUT2D eigenvalue weighted by Crippen LogP contribution is 2.37. The highest BCUT2D eigenvalue weighted by molar-refractivity contribution is 8.00. The molecule has 2 rings (SSSR count). The van der Waals surface area contributed by atoms with Gasteiger partial charge in [-0.05, 0) is 46.5 Å². The number of rotatable bonds is 2. The van der Waals surface area contributed by atoms with Gasteiger partial charge in [-0.2, -0.15) is 11.8 Å². The summed E-state index contributed by atoms with van der Waals surface area (Å²) in [5.74, 6) is 0. The van der Waals surface area contributed by atoms with Gasteiger partial charge < -0.3 is 9.64 Å². The summed E-state index contributed by atoms with van der Waals surface area (Å²) in [7, 11) is 0. The van der Waals surface area contributed by atoms with Crippen LogP contribution in [0.25, 0.3) is 0 Å². The van der Waals surface area contributed by atoms with Gasteiger partial charge in [-0.15, -0.1) is 0 Å². The lowest BCUT2D eigenvalue weighted by atomic mass is 10.00. The highest BCUT2D eigenvalue weighted by Gasteiger charge is 2.29. The van der Waals surface area contributed by atoms with Crippen molar-refractivity contribution in [3.63, 3.8) is 0 Å². The summed E-state index contributed by atoms with van der Waals surface area (Å²) in [6, 6.07) is 0. The summed E-state index contributed by atoms with van der Waals surface area (Å²) in [4.78, 5) is 13.8. The topological polar surface area (TPSA) is 29.5 Å². The van der Waals surface area contributed by atoms with Crippen molar-refractivity contribution in [2.24, 2.45) is 0 Å². The molecule has 2 fully saturated rings. The molecule has 0 radical (unpaired) electrons. The van der Waals surface area contributed by atoms with Gasteiger partial charge in [0.2, 0.25) is 0 Å². The number of likely N-dealkylation sites (tertiary alicyclic amines) is 1. The molecule has 0 N–H and O–H groups in total. The van der Waals surface area contributed by atoms with Gasteiger partial charge in [-0.3, -0.25) is 0 Å². The van der Waals surface area contributed by atoms with Crippen LogP contribution in [-0.4, -0.2) is 40.2 Å². The van der Waals surface area contributed by atoms with E-state index in [2.05, 4.69) is 11.8 Å². The molecule has 1 saturated carbocycles. The maximum atomic E-state index is 11.9. The van der Waals surface area contributed by atoms with Gasteiger partial charge >= 0.3 is 6.09 Å². The molecule has 2 aliphatic rings. The van der Waals surface area contributed by atoms with Gasteiger partial charge in [0.25, 0.3) is 0 Å². The van der Waals surface area contributed by atoms with Crippen LogP contribution in [0.4, 0.5) is 4.79 Å². The zero-order valence-electron chi connectivity index (χ0n) is 11.8. The average Bonchev–Trinajstić information content (AvgIpc) is 2.22. The Morgan fingerprint density at radius 2 is 1.67 bits per heavy atom. The first-order valence-electron chi connectivity index (χ1n) is 7.07. The van der Waals surface area contributed by atoms with Crippen molar-refractivity contribution in [1.29, 1.82) is 0 Å².